The minimum absolute atomic E-state index is 0.428. The fourth-order valence-corrected chi connectivity index (χ4v) is 1.71. The van der Waals surface area contributed by atoms with Crippen LogP contribution >= 0.6 is 11.3 Å². The highest BCUT2D eigenvalue weighted by atomic mass is 32.1. The van der Waals surface area contributed by atoms with E-state index in [0.29, 0.717) is 17.5 Å². The molecule has 0 saturated heterocycles. The molecule has 0 aromatic carbocycles. The van der Waals surface area contributed by atoms with E-state index in [1.165, 1.54) is 11.3 Å². The van der Waals surface area contributed by atoms with Crippen molar-refractivity contribution < 1.29 is 9.90 Å². The van der Waals surface area contributed by atoms with Gasteiger partial charge in [0.15, 0.2) is 6.04 Å². The molecule has 2 N–H and O–H groups in total. The number of hydrogen-bond donors (Lipinski definition) is 2. The molecule has 78 valence electrons. The van der Waals surface area contributed by atoms with Crippen molar-refractivity contribution in [2.45, 2.75) is 19.9 Å². The van der Waals surface area contributed by atoms with E-state index in [0.717, 1.165) is 0 Å². The Labute approximate surface area is 87.0 Å². The third kappa shape index (κ3) is 3.08. The van der Waals surface area contributed by atoms with Crippen molar-refractivity contribution in [1.29, 1.82) is 0 Å². The number of hydrogen-bond acceptors (Lipinski definition) is 4. The van der Waals surface area contributed by atoms with Crippen molar-refractivity contribution in [3.8, 4) is 0 Å². The summed E-state index contributed by atoms with van der Waals surface area (Å²) in [5.41, 5.74) is 0. The Morgan fingerprint density at radius 2 is 2.43 bits per heavy atom. The third-order valence-electron chi connectivity index (χ3n) is 1.68. The summed E-state index contributed by atoms with van der Waals surface area (Å²) in [7, 11) is 0. The molecule has 0 spiro atoms. The average molecular weight is 214 g/mol. The molecule has 0 aliphatic heterocycles. The van der Waals surface area contributed by atoms with E-state index in [1.54, 1.807) is 11.6 Å². The van der Waals surface area contributed by atoms with Gasteiger partial charge in [0, 0.05) is 11.6 Å². The van der Waals surface area contributed by atoms with Crippen LogP contribution in [0.1, 0.15) is 24.9 Å². The Hall–Kier alpha value is -0.940. The number of rotatable bonds is 5. The minimum atomic E-state index is -0.874. The van der Waals surface area contributed by atoms with Gasteiger partial charge in [-0.05, 0) is 12.5 Å². The van der Waals surface area contributed by atoms with Crippen molar-refractivity contribution in [2.75, 3.05) is 6.54 Å². The Balaban J connectivity index is 2.61. The fourth-order valence-electron chi connectivity index (χ4n) is 1.01. The van der Waals surface area contributed by atoms with Gasteiger partial charge in [0.2, 0.25) is 0 Å². The lowest BCUT2D eigenvalue weighted by Crippen LogP contribution is -2.31. The van der Waals surface area contributed by atoms with E-state index in [2.05, 4.69) is 10.3 Å². The lowest BCUT2D eigenvalue weighted by atomic mass is 10.2. The van der Waals surface area contributed by atoms with Crippen LogP contribution in [0.15, 0.2) is 11.6 Å². The van der Waals surface area contributed by atoms with Crippen LogP contribution < -0.4 is 5.32 Å². The van der Waals surface area contributed by atoms with Gasteiger partial charge in [-0.25, -0.2) is 4.98 Å². The van der Waals surface area contributed by atoms with Gasteiger partial charge >= 0.3 is 5.97 Å². The third-order valence-corrected chi connectivity index (χ3v) is 2.52. The summed E-state index contributed by atoms with van der Waals surface area (Å²) < 4.78 is 0. The van der Waals surface area contributed by atoms with Crippen LogP contribution in [0.25, 0.3) is 0 Å². The Morgan fingerprint density at radius 3 is 2.86 bits per heavy atom. The van der Waals surface area contributed by atoms with Crippen LogP contribution in [0.2, 0.25) is 0 Å². The second kappa shape index (κ2) is 5.07. The van der Waals surface area contributed by atoms with E-state index < -0.39 is 12.0 Å². The van der Waals surface area contributed by atoms with E-state index >= 15 is 0 Å². The highest BCUT2D eigenvalue weighted by molar-refractivity contribution is 7.09. The molecule has 1 unspecified atom stereocenters. The zero-order valence-electron chi connectivity index (χ0n) is 8.23. The maximum Gasteiger partial charge on any atom is 0.327 e. The normalized spacial score (nSPS) is 13.1. The van der Waals surface area contributed by atoms with E-state index in [1.807, 2.05) is 13.8 Å². The van der Waals surface area contributed by atoms with Gasteiger partial charge in [0.1, 0.15) is 5.01 Å². The SMILES string of the molecule is CC(C)CNC(C(=O)O)c1nccs1. The van der Waals surface area contributed by atoms with Gasteiger partial charge in [0.25, 0.3) is 0 Å². The number of aromatic nitrogens is 1. The van der Waals surface area contributed by atoms with Crippen LogP contribution in [0.3, 0.4) is 0 Å². The van der Waals surface area contributed by atoms with Gasteiger partial charge in [-0.3, -0.25) is 10.1 Å². The summed E-state index contributed by atoms with van der Waals surface area (Å²) in [6.45, 7) is 4.75. The van der Waals surface area contributed by atoms with Crippen LogP contribution in [0.4, 0.5) is 0 Å². The number of carboxylic acid groups (broad SMARTS) is 1. The highest BCUT2D eigenvalue weighted by Gasteiger charge is 2.21. The first-order chi connectivity index (χ1) is 6.61. The molecule has 4 nitrogen and oxygen atoms in total. The molecule has 0 amide bonds. The molecule has 1 atom stereocenters. The topological polar surface area (TPSA) is 62.2 Å². The predicted molar refractivity (Wildman–Crippen MR) is 55.3 cm³/mol. The average Bonchev–Trinajstić information content (AvgIpc) is 2.56. The number of carbonyl (C=O) groups is 1. The zero-order valence-corrected chi connectivity index (χ0v) is 9.04. The number of carboxylic acids is 1. The van der Waals surface area contributed by atoms with Crippen molar-refractivity contribution in [3.63, 3.8) is 0 Å². The number of thiazole rings is 1. The van der Waals surface area contributed by atoms with Crippen LogP contribution in [0.5, 0.6) is 0 Å². The zero-order chi connectivity index (χ0) is 10.6. The van der Waals surface area contributed by atoms with Crippen molar-refractivity contribution >= 4 is 17.3 Å². The predicted octanol–water partition coefficient (Wildman–Crippen LogP) is 1.51. The Bertz CT molecular complexity index is 285. The maximum atomic E-state index is 10.9. The first-order valence-electron chi connectivity index (χ1n) is 4.47. The van der Waals surface area contributed by atoms with E-state index in [-0.39, 0.29) is 0 Å². The van der Waals surface area contributed by atoms with Crippen LogP contribution in [-0.4, -0.2) is 22.6 Å². The smallest absolute Gasteiger partial charge is 0.327 e. The lowest BCUT2D eigenvalue weighted by molar-refractivity contribution is -0.139. The Morgan fingerprint density at radius 1 is 1.71 bits per heavy atom. The van der Waals surface area contributed by atoms with Gasteiger partial charge in [-0.15, -0.1) is 11.3 Å². The molecule has 14 heavy (non-hydrogen) atoms. The first-order valence-corrected chi connectivity index (χ1v) is 5.34. The molecule has 0 aliphatic carbocycles. The molecular formula is C9H14N2O2S. The summed E-state index contributed by atoms with van der Waals surface area (Å²) in [6, 6.07) is -0.669. The standard InChI is InChI=1S/C9H14N2O2S/c1-6(2)5-11-7(9(12)13)8-10-3-4-14-8/h3-4,6-7,11H,5H2,1-2H3,(H,12,13). The minimum Gasteiger partial charge on any atom is -0.480 e. The second-order valence-electron chi connectivity index (χ2n) is 3.44. The molecule has 0 saturated carbocycles. The molecule has 1 aromatic rings. The van der Waals surface area contributed by atoms with Gasteiger partial charge in [0.05, 0.1) is 0 Å². The summed E-state index contributed by atoms with van der Waals surface area (Å²) in [4.78, 5) is 14.9. The molecule has 1 heterocycles. The summed E-state index contributed by atoms with van der Waals surface area (Å²) >= 11 is 1.36. The summed E-state index contributed by atoms with van der Waals surface area (Å²) in [5, 5.41) is 14.3. The van der Waals surface area contributed by atoms with Gasteiger partial charge in [-0.2, -0.15) is 0 Å². The number of aliphatic carboxylic acids is 1. The van der Waals surface area contributed by atoms with Crippen molar-refractivity contribution in [1.82, 2.24) is 10.3 Å². The molecule has 0 radical (unpaired) electrons. The number of nitrogens with zero attached hydrogens (tertiary/aromatic N) is 1. The molecule has 0 bridgehead atoms. The van der Waals surface area contributed by atoms with E-state index in [9.17, 15) is 4.79 Å². The van der Waals surface area contributed by atoms with Crippen LogP contribution in [-0.2, 0) is 4.79 Å². The summed E-state index contributed by atoms with van der Waals surface area (Å²) in [6.07, 6.45) is 1.62. The highest BCUT2D eigenvalue weighted by Crippen LogP contribution is 2.15. The number of nitrogens with one attached hydrogen (secondary N) is 1. The molecule has 0 aliphatic rings. The quantitative estimate of drug-likeness (QED) is 0.780. The fraction of sp³-hybridized carbons (Fsp3) is 0.556. The first kappa shape index (κ1) is 11.1. The second-order valence-corrected chi connectivity index (χ2v) is 4.37. The molecule has 1 rings (SSSR count). The maximum absolute atomic E-state index is 10.9. The van der Waals surface area contributed by atoms with Crippen molar-refractivity contribution in [2.24, 2.45) is 5.92 Å². The van der Waals surface area contributed by atoms with E-state index in [4.69, 9.17) is 5.11 Å². The molecule has 0 fully saturated rings. The largest absolute Gasteiger partial charge is 0.480 e. The molecule has 1 aromatic heterocycles. The molecule has 5 heteroatoms. The van der Waals surface area contributed by atoms with Gasteiger partial charge in [-0.1, -0.05) is 13.8 Å². The monoisotopic (exact) mass is 214 g/mol. The lowest BCUT2D eigenvalue weighted by Gasteiger charge is -2.13. The summed E-state index contributed by atoms with van der Waals surface area (Å²) in [5.74, 6) is -0.447. The molecular weight excluding hydrogens is 200 g/mol. The van der Waals surface area contributed by atoms with Crippen LogP contribution in [0, 0.1) is 5.92 Å². The van der Waals surface area contributed by atoms with Gasteiger partial charge < -0.3 is 5.11 Å². The van der Waals surface area contributed by atoms with Crippen molar-refractivity contribution in [3.05, 3.63) is 16.6 Å². The Kier molecular flexibility index (Phi) is 4.03.